The van der Waals surface area contributed by atoms with Gasteiger partial charge in [0.05, 0.1) is 168 Å². The Bertz CT molecular complexity index is 4900. The molecule has 7 aromatic rings. The van der Waals surface area contributed by atoms with Gasteiger partial charge in [0.1, 0.15) is 40.4 Å². The Kier molecular flexibility index (Phi) is 28.6. The number of carboxylic acids is 1. The van der Waals surface area contributed by atoms with Crippen LogP contribution < -0.4 is 36.6 Å². The van der Waals surface area contributed by atoms with Crippen LogP contribution in [0.3, 0.4) is 0 Å². The first-order valence-electron chi connectivity index (χ1n) is 36.6. The Morgan fingerprint density at radius 3 is 1.74 bits per heavy atom. The standard InChI is InChI=1S/C77H77Cl2F3N18O17/c1-76(80)32-65(84-2)100(42-76)69(106)39-92-74(110)58-28-49(88-37-60(58)79)35-90-67(104)10-16-114-20-22-116-18-14-98-41-62(94-96-98)46-23-45(24-47(25-46)72(108)86-12-11-85-71(107)44-3-6-53(56(26-44)75(111)112)70-54-7-4-51(101)29-63(54)117-64-30-52(102)5-8-55(64)70)61-40-97(95-93-61)13-17-115-21-19-113-15-9-66(103)89-34-48-27-57(59(78)36-87-48)73(109)91-38-68(105)99-43-77(81,82)31-50(99)33-83/h3-8,23-30,36-37,40-41,50,54,65,70,102H,9-22,31-32,34-35,38-39,42-43H2,1H3,(H,85,107)(H,86,108)(H,89,103)(H,90,104)(H,91,109)(H,92,110)(H,111,112)/t50-,54?,65+,70?,76?/m1/s1. The number of carbonyl (C=O) groups excluding carboxylic acids is 9. The number of amides is 8. The Labute approximate surface area is 675 Å². The van der Waals surface area contributed by atoms with Crippen molar-refractivity contribution in [3.05, 3.63) is 187 Å². The van der Waals surface area contributed by atoms with E-state index in [0.717, 1.165) is 4.90 Å². The van der Waals surface area contributed by atoms with E-state index in [1.54, 1.807) is 48.8 Å². The smallest absolute Gasteiger partial charge is 0.336 e. The number of phenolic OH excluding ortho intramolecular Hbond substituents is 1. The number of nitrogens with one attached hydrogen (secondary N) is 6. The number of hydrogen-bond donors (Lipinski definition) is 8. The van der Waals surface area contributed by atoms with Gasteiger partial charge in [-0.3, -0.25) is 62.9 Å². The summed E-state index contributed by atoms with van der Waals surface area (Å²) in [5, 5.41) is 62.8. The molecule has 4 aliphatic rings. The van der Waals surface area contributed by atoms with E-state index in [0.29, 0.717) is 44.2 Å². The van der Waals surface area contributed by atoms with Gasteiger partial charge in [0.2, 0.25) is 23.6 Å². The number of allylic oxidation sites excluding steroid dienone is 3. The number of aromatic nitrogens is 8. The van der Waals surface area contributed by atoms with Crippen molar-refractivity contribution in [3.8, 4) is 40.1 Å². The summed E-state index contributed by atoms with van der Waals surface area (Å²) in [6.45, 7) is 7.33. The van der Waals surface area contributed by atoms with Crippen LogP contribution in [-0.2, 0) is 69.1 Å². The number of nitrogens with zero attached hydrogens (tertiary/aromatic N) is 12. The molecule has 40 heteroatoms. The van der Waals surface area contributed by atoms with Crippen molar-refractivity contribution in [2.24, 2.45) is 5.92 Å². The van der Waals surface area contributed by atoms with Crippen LogP contribution in [0, 0.1) is 23.8 Å². The van der Waals surface area contributed by atoms with Crippen LogP contribution >= 0.6 is 23.2 Å². The van der Waals surface area contributed by atoms with E-state index in [1.165, 1.54) is 83.3 Å². The number of fused-ring (bicyclic) bond motifs is 2. The van der Waals surface area contributed by atoms with Crippen LogP contribution in [0.25, 0.3) is 27.4 Å². The van der Waals surface area contributed by atoms with Gasteiger partial charge in [-0.2, -0.15) is 5.26 Å². The second-order valence-electron chi connectivity index (χ2n) is 27.4. The van der Waals surface area contributed by atoms with Crippen molar-refractivity contribution < 1.29 is 95.0 Å². The van der Waals surface area contributed by atoms with Crippen LogP contribution in [0.2, 0.25) is 10.0 Å². The molecule has 3 aromatic carbocycles. The molecule has 0 bridgehead atoms. The Hall–Kier alpha value is -12.6. The van der Waals surface area contributed by atoms with Crippen molar-refractivity contribution in [2.45, 2.75) is 88.5 Å². The lowest BCUT2D eigenvalue weighted by Gasteiger charge is -2.35. The second-order valence-corrected chi connectivity index (χ2v) is 28.3. The number of pyridine rings is 2. The minimum Gasteiger partial charge on any atom is -0.508 e. The molecule has 35 nitrogen and oxygen atoms in total. The number of ether oxygens (including phenoxy) is 5. The highest BCUT2D eigenvalue weighted by Crippen LogP contribution is 2.49. The number of ketones is 1. The molecule has 0 spiro atoms. The van der Waals surface area contributed by atoms with Gasteiger partial charge >= 0.3 is 12.1 Å². The predicted molar refractivity (Wildman–Crippen MR) is 405 cm³/mol. The molecule has 0 radical (unpaired) electrons. The van der Waals surface area contributed by atoms with Gasteiger partial charge in [0.15, 0.2) is 5.78 Å². The zero-order valence-corrected chi connectivity index (χ0v) is 64.0. The molecule has 8 amide bonds. The average Bonchev–Trinajstić information content (AvgIpc) is 1.43. The van der Waals surface area contributed by atoms with Gasteiger partial charge < -0.3 is 70.7 Å². The molecule has 1 aliphatic carbocycles. The fourth-order valence-corrected chi connectivity index (χ4v) is 13.4. The van der Waals surface area contributed by atoms with Gasteiger partial charge in [-0.15, -0.1) is 10.2 Å². The van der Waals surface area contributed by atoms with Crippen LogP contribution in [-0.4, -0.2) is 235 Å². The van der Waals surface area contributed by atoms with Gasteiger partial charge in [-0.1, -0.05) is 51.8 Å². The number of alkyl halides is 3. The number of halogens is 5. The maximum atomic E-state index is 14.5. The molecule has 117 heavy (non-hydrogen) atoms. The molecule has 5 atom stereocenters. The molecule has 3 unspecified atom stereocenters. The summed E-state index contributed by atoms with van der Waals surface area (Å²) in [4.78, 5) is 143. The zero-order valence-electron chi connectivity index (χ0n) is 62.5. The summed E-state index contributed by atoms with van der Waals surface area (Å²) in [6, 6.07) is 16.6. The molecule has 2 fully saturated rings. The number of hydrogen-bond acceptors (Lipinski definition) is 23. The van der Waals surface area contributed by atoms with E-state index in [1.807, 2.05) is 0 Å². The number of carbonyl (C=O) groups is 10. The largest absolute Gasteiger partial charge is 0.508 e. The number of likely N-dealkylation sites (tertiary alicyclic amines) is 2. The number of nitriles is 1. The number of rotatable bonds is 37. The van der Waals surface area contributed by atoms with E-state index in [-0.39, 0.29) is 190 Å². The summed E-state index contributed by atoms with van der Waals surface area (Å²) in [6.07, 6.45) is 7.99. The number of benzene rings is 3. The van der Waals surface area contributed by atoms with Crippen molar-refractivity contribution in [1.29, 1.82) is 5.26 Å². The van der Waals surface area contributed by atoms with E-state index >= 15 is 0 Å². The number of phenols is 1. The molecule has 11 rings (SSSR count). The van der Waals surface area contributed by atoms with E-state index in [4.69, 9.17) is 53.5 Å². The lowest BCUT2D eigenvalue weighted by Crippen LogP contribution is -2.43. The molecule has 612 valence electrons. The normalized spacial score (nSPS) is 17.6. The first-order chi connectivity index (χ1) is 56.1. The Morgan fingerprint density at radius 2 is 1.19 bits per heavy atom. The van der Waals surface area contributed by atoms with Gasteiger partial charge in [-0.25, -0.2) is 33.9 Å². The SMILES string of the molecule is [C-]#[N+][C@@H]1CC(C)(F)CN1C(=O)CNC(=O)c1cc(CNC(=O)CCOCCOCCn2cc(-c3cc(C(=O)NCCNC(=O)c4ccc(C5c6ccc(O)cc6OC6=CC(=O)C=CC65)c(C(=O)O)c4)cc(-c4cn(CCOCCOCCC(=O)NCc5cc(C(=O)NCC(=O)N6CC(F)(F)C[C@@H]6C#N)c(Cl)cn5)nn4)c3)nn2)ncc1Cl. The summed E-state index contributed by atoms with van der Waals surface area (Å²) in [5.74, 6) is -10.7. The van der Waals surface area contributed by atoms with Crippen LogP contribution in [0.1, 0.15) is 113 Å². The molecule has 7 heterocycles. The molecule has 0 saturated carbocycles. The first-order valence-corrected chi connectivity index (χ1v) is 37.3. The van der Waals surface area contributed by atoms with E-state index in [2.05, 4.69) is 67.3 Å². The summed E-state index contributed by atoms with van der Waals surface area (Å²) < 4.78 is 74.0. The van der Waals surface area contributed by atoms with E-state index < -0.39 is 109 Å². The molecule has 2 saturated heterocycles. The van der Waals surface area contributed by atoms with Gasteiger partial charge in [0, 0.05) is 96.5 Å². The summed E-state index contributed by atoms with van der Waals surface area (Å²) >= 11 is 12.4. The first kappa shape index (κ1) is 85.3. The van der Waals surface area contributed by atoms with E-state index in [9.17, 15) is 76.6 Å². The minimum atomic E-state index is -3.23. The summed E-state index contributed by atoms with van der Waals surface area (Å²) in [5.41, 5.74) is 1.20. The number of carboxylic acid groups (broad SMARTS) is 1. The van der Waals surface area contributed by atoms with Crippen LogP contribution in [0.4, 0.5) is 13.2 Å². The van der Waals surface area contributed by atoms with Gasteiger partial charge in [-0.05, 0) is 67.1 Å². The maximum absolute atomic E-state index is 14.5. The second kappa shape index (κ2) is 39.2. The lowest BCUT2D eigenvalue weighted by atomic mass is 9.74. The topological polar surface area (TPSA) is 451 Å². The molecular formula is C77H77Cl2F3N18O17. The molecule has 3 aliphatic heterocycles. The quantitative estimate of drug-likeness (QED) is 0.0189. The average molecular weight is 1650 g/mol. The number of aromatic hydroxyl groups is 1. The highest BCUT2D eigenvalue weighted by Gasteiger charge is 2.49. The summed E-state index contributed by atoms with van der Waals surface area (Å²) in [7, 11) is 0. The molecule has 8 N–H and O–H groups in total. The molecular weight excluding hydrogens is 1580 g/mol. The fraction of sp³-hybridized carbons (Fsp3) is 0.377. The maximum Gasteiger partial charge on any atom is 0.336 e. The van der Waals surface area contributed by atoms with Crippen molar-refractivity contribution in [2.75, 3.05) is 92.1 Å². The third-order valence-corrected chi connectivity index (χ3v) is 19.4. The highest BCUT2D eigenvalue weighted by molar-refractivity contribution is 6.34. The predicted octanol–water partition coefficient (Wildman–Crippen LogP) is 4.93. The Morgan fingerprint density at radius 1 is 0.650 bits per heavy atom. The zero-order chi connectivity index (χ0) is 83.5. The fourth-order valence-electron chi connectivity index (χ4n) is 13.0. The van der Waals surface area contributed by atoms with Crippen LogP contribution in [0.5, 0.6) is 11.5 Å². The Balaban J connectivity index is 0.641. The lowest BCUT2D eigenvalue weighted by molar-refractivity contribution is -0.131. The van der Waals surface area contributed by atoms with Crippen molar-refractivity contribution in [3.63, 3.8) is 0 Å². The van der Waals surface area contributed by atoms with Crippen molar-refractivity contribution >= 4 is 82.2 Å². The highest BCUT2D eigenvalue weighted by atomic mass is 35.5. The van der Waals surface area contributed by atoms with Gasteiger partial charge in [0.25, 0.3) is 29.6 Å². The van der Waals surface area contributed by atoms with Crippen LogP contribution in [0.15, 0.2) is 116 Å². The third-order valence-electron chi connectivity index (χ3n) is 18.8. The van der Waals surface area contributed by atoms with Crippen molar-refractivity contribution in [1.82, 2.24) is 81.7 Å². The minimum absolute atomic E-state index is 0.0114. The molecule has 4 aromatic heterocycles. The third kappa shape index (κ3) is 22.9. The number of aromatic carboxylic acids is 1. The monoisotopic (exact) mass is 1650 g/mol.